The van der Waals surface area contributed by atoms with Gasteiger partial charge in [0.25, 0.3) is 0 Å². The Hall–Kier alpha value is -10.1. The number of rotatable bonds is 8. The van der Waals surface area contributed by atoms with Crippen LogP contribution in [-0.4, -0.2) is 0 Å². The molecule has 0 aliphatic rings. The maximum Gasteiger partial charge on any atom is -0.0152 e. The summed E-state index contributed by atoms with van der Waals surface area (Å²) in [6.45, 7) is 21.3. The Balaban J connectivity index is 0.000000134. The first-order chi connectivity index (χ1) is 42.7. The van der Waals surface area contributed by atoms with E-state index in [0.29, 0.717) is 0 Å². The van der Waals surface area contributed by atoms with E-state index >= 15 is 0 Å². The van der Waals surface area contributed by atoms with Crippen molar-refractivity contribution in [1.82, 2.24) is 0 Å². The smallest absolute Gasteiger partial charge is 0.0152 e. The van der Waals surface area contributed by atoms with E-state index in [-0.39, 0.29) is 0 Å². The summed E-state index contributed by atoms with van der Waals surface area (Å²) in [6, 6.07) is 112. The van der Waals surface area contributed by atoms with E-state index in [0.717, 1.165) is 0 Å². The molecule has 0 saturated carbocycles. The molecule has 0 radical (unpaired) electrons. The summed E-state index contributed by atoms with van der Waals surface area (Å²) in [5.41, 5.74) is 33.5. The molecule has 434 valence electrons. The highest BCUT2D eigenvalue weighted by Gasteiger charge is 2.09. The first-order valence-electron chi connectivity index (χ1n) is 30.7. The Morgan fingerprint density at radius 1 is 0.125 bits per heavy atom. The summed E-state index contributed by atoms with van der Waals surface area (Å²) in [6.07, 6.45) is 0. The fourth-order valence-corrected chi connectivity index (χ4v) is 10.7. The normalized spacial score (nSPS) is 10.4. The van der Waals surface area contributed by atoms with Crippen LogP contribution >= 0.6 is 0 Å². The van der Waals surface area contributed by atoms with Gasteiger partial charge in [0, 0.05) is 0 Å². The van der Waals surface area contributed by atoms with Gasteiger partial charge in [-0.2, -0.15) is 0 Å². The summed E-state index contributed by atoms with van der Waals surface area (Å²) in [7, 11) is 0. The fourth-order valence-electron chi connectivity index (χ4n) is 10.7. The van der Waals surface area contributed by atoms with Crippen molar-refractivity contribution in [2.24, 2.45) is 0 Å². The van der Waals surface area contributed by atoms with E-state index in [9.17, 15) is 0 Å². The molecule has 13 aromatic carbocycles. The molecule has 0 aliphatic carbocycles. The zero-order chi connectivity index (χ0) is 61.8. The van der Waals surface area contributed by atoms with E-state index in [1.165, 1.54) is 145 Å². The van der Waals surface area contributed by atoms with Crippen molar-refractivity contribution >= 4 is 0 Å². The predicted molar refractivity (Wildman–Crippen MR) is 383 cm³/mol. The third-order valence-corrected chi connectivity index (χ3v) is 15.7. The Morgan fingerprint density at radius 3 is 0.625 bits per heavy atom. The van der Waals surface area contributed by atoms with E-state index in [2.05, 4.69) is 385 Å². The second kappa shape index (κ2) is 30.8. The van der Waals surface area contributed by atoms with E-state index in [1.807, 2.05) is 0 Å². The van der Waals surface area contributed by atoms with Crippen LogP contribution in [0.2, 0.25) is 0 Å². The van der Waals surface area contributed by atoms with Crippen molar-refractivity contribution in [3.05, 3.63) is 371 Å². The molecule has 0 fully saturated rings. The van der Waals surface area contributed by atoms with Gasteiger partial charge in [0.2, 0.25) is 0 Å². The largest absolute Gasteiger partial charge is 0.0622 e. The van der Waals surface area contributed by atoms with Gasteiger partial charge in [0.05, 0.1) is 0 Å². The molecule has 13 aromatic rings. The molecule has 13 rings (SSSR count). The molecule has 0 nitrogen and oxygen atoms in total. The maximum absolute atomic E-state index is 2.30. The van der Waals surface area contributed by atoms with Crippen molar-refractivity contribution in [1.29, 1.82) is 0 Å². The van der Waals surface area contributed by atoms with Crippen LogP contribution in [0.25, 0.3) is 89.0 Å². The molecular weight excluding hydrogens is 1060 g/mol. The average molecular weight is 1140 g/mol. The lowest BCUT2D eigenvalue weighted by Gasteiger charge is -2.12. The van der Waals surface area contributed by atoms with Gasteiger partial charge >= 0.3 is 0 Å². The molecule has 0 amide bonds. The molecule has 0 aliphatic heterocycles. The van der Waals surface area contributed by atoms with Gasteiger partial charge in [0.1, 0.15) is 0 Å². The number of hydrogen-bond acceptors (Lipinski definition) is 0. The Morgan fingerprint density at radius 2 is 0.330 bits per heavy atom. The summed E-state index contributed by atoms with van der Waals surface area (Å²) >= 11 is 0. The zero-order valence-corrected chi connectivity index (χ0v) is 53.0. The first-order valence-corrected chi connectivity index (χ1v) is 30.7. The second-order valence-corrected chi connectivity index (χ2v) is 23.3. The molecule has 0 atom stereocenters. The van der Waals surface area contributed by atoms with Crippen molar-refractivity contribution in [3.63, 3.8) is 0 Å². The average Bonchev–Trinajstić information content (AvgIpc) is 3.66. The van der Waals surface area contributed by atoms with E-state index < -0.39 is 0 Å². The number of hydrogen-bond donors (Lipinski definition) is 0. The maximum atomic E-state index is 2.30. The van der Waals surface area contributed by atoms with Crippen molar-refractivity contribution in [2.45, 2.75) is 69.2 Å². The van der Waals surface area contributed by atoms with Crippen molar-refractivity contribution in [3.8, 4) is 89.0 Å². The summed E-state index contributed by atoms with van der Waals surface area (Å²) < 4.78 is 0. The van der Waals surface area contributed by atoms with Crippen molar-refractivity contribution < 1.29 is 0 Å². The predicted octanol–water partition coefficient (Wildman–Crippen LogP) is 24.9. The molecular formula is C88H82. The third kappa shape index (κ3) is 18.0. The van der Waals surface area contributed by atoms with Gasteiger partial charge in [-0.15, -0.1) is 0 Å². The molecule has 0 saturated heterocycles. The van der Waals surface area contributed by atoms with Gasteiger partial charge in [-0.3, -0.25) is 0 Å². The highest BCUT2D eigenvalue weighted by molar-refractivity contribution is 5.82. The molecule has 0 heterocycles. The topological polar surface area (TPSA) is 0 Å². The Labute approximate surface area is 526 Å². The molecule has 0 N–H and O–H groups in total. The molecule has 0 bridgehead atoms. The van der Waals surface area contributed by atoms with Crippen molar-refractivity contribution in [2.75, 3.05) is 0 Å². The van der Waals surface area contributed by atoms with Crippen LogP contribution in [0.15, 0.2) is 315 Å². The van der Waals surface area contributed by atoms with Crippen LogP contribution in [0, 0.1) is 69.2 Å². The standard InChI is InChI=1S/C26H22.C20H18.3C14H14/c1-19-8-6-12-22(14-19)25-16-24(21-10-4-3-5-11-21)17-26(18-25)23-13-7-9-20(2)15-23;1-15-6-10-17(11-7-15)19-4-3-5-20(14-19)18-12-8-16(2)9-13-18;1-11-5-3-7-13(9-11)14-8-4-6-12(2)10-14;1-11-7-3-5-9-13(11)14-10-6-4-8-12(14)2;1-11-6-8-13(9-7-11)14-5-3-4-12(2)10-14/h3-18H,1-2H3;3-14H,1-2H3;3*3-10H,1-2H3. The zero-order valence-electron chi connectivity index (χ0n) is 53.0. The molecule has 0 spiro atoms. The van der Waals surface area contributed by atoms with Gasteiger partial charge < -0.3 is 0 Å². The highest BCUT2D eigenvalue weighted by atomic mass is 14.1. The monoisotopic (exact) mass is 1140 g/mol. The van der Waals surface area contributed by atoms with Gasteiger partial charge in [-0.25, -0.2) is 0 Å². The Bertz CT molecular complexity index is 4120. The lowest BCUT2D eigenvalue weighted by molar-refractivity contribution is 1.41. The highest BCUT2D eigenvalue weighted by Crippen LogP contribution is 2.34. The van der Waals surface area contributed by atoms with Gasteiger partial charge in [0.15, 0.2) is 0 Å². The van der Waals surface area contributed by atoms with Crippen LogP contribution in [0.3, 0.4) is 0 Å². The lowest BCUT2D eigenvalue weighted by Crippen LogP contribution is -1.87. The number of aryl methyl sites for hydroxylation is 10. The van der Waals surface area contributed by atoms with Crippen LogP contribution in [-0.2, 0) is 0 Å². The minimum absolute atomic E-state index is 1.25. The number of benzene rings is 13. The minimum Gasteiger partial charge on any atom is -0.0622 e. The molecule has 0 unspecified atom stereocenters. The first kappa shape index (κ1) is 62.4. The molecule has 0 heteroatoms. The van der Waals surface area contributed by atoms with Crippen LogP contribution in [0.4, 0.5) is 0 Å². The molecule has 0 aromatic heterocycles. The Kier molecular flexibility index (Phi) is 21.8. The van der Waals surface area contributed by atoms with Gasteiger partial charge in [-0.05, 0) is 194 Å². The van der Waals surface area contributed by atoms with Crippen LogP contribution < -0.4 is 0 Å². The summed E-state index contributed by atoms with van der Waals surface area (Å²) in [4.78, 5) is 0. The van der Waals surface area contributed by atoms with Crippen LogP contribution in [0.5, 0.6) is 0 Å². The second-order valence-electron chi connectivity index (χ2n) is 23.3. The third-order valence-electron chi connectivity index (χ3n) is 15.7. The lowest BCUT2D eigenvalue weighted by atomic mass is 9.92. The summed E-state index contributed by atoms with van der Waals surface area (Å²) in [5.74, 6) is 0. The minimum atomic E-state index is 1.25. The van der Waals surface area contributed by atoms with E-state index in [1.54, 1.807) is 0 Å². The summed E-state index contributed by atoms with van der Waals surface area (Å²) in [5, 5.41) is 0. The van der Waals surface area contributed by atoms with E-state index in [4.69, 9.17) is 0 Å². The quantitative estimate of drug-likeness (QED) is 0.142. The van der Waals surface area contributed by atoms with Gasteiger partial charge in [-0.1, -0.05) is 336 Å². The fraction of sp³-hybridized carbons (Fsp3) is 0.114. The SMILES string of the molecule is Cc1ccc(-c2cccc(-c3ccc(C)cc3)c2)cc1.Cc1ccc(-c2cccc(C)c2)cc1.Cc1cccc(-c2cc(-c3ccccc3)cc(-c3cccc(C)c3)c2)c1.Cc1cccc(-c2cccc(C)c2)c1.Cc1ccccc1-c1ccccc1C. The van der Waals surface area contributed by atoms with Crippen LogP contribution in [0.1, 0.15) is 55.6 Å². The molecule has 88 heavy (non-hydrogen) atoms.